The molecule has 5 heteroatoms. The minimum atomic E-state index is 0.490. The Bertz CT molecular complexity index is 523. The Balaban J connectivity index is 1.88. The fourth-order valence-corrected chi connectivity index (χ4v) is 3.45. The van der Waals surface area contributed by atoms with Crippen LogP contribution < -0.4 is 0 Å². The quantitative estimate of drug-likeness (QED) is 0.816. The number of hydrogen-bond acceptors (Lipinski definition) is 4. The molecule has 1 aromatic carbocycles. The van der Waals surface area contributed by atoms with Crippen molar-refractivity contribution in [2.45, 2.75) is 29.7 Å². The van der Waals surface area contributed by atoms with Crippen molar-refractivity contribution in [2.75, 3.05) is 0 Å². The van der Waals surface area contributed by atoms with Crippen LogP contribution in [0.25, 0.3) is 0 Å². The Morgan fingerprint density at radius 1 is 1.35 bits per heavy atom. The molecule has 0 fully saturated rings. The standard InChI is InChI=1S/C12H14N4S/c1-16-12(13-14-15-16)17-11-8-4-6-9-5-2-3-7-10(9)11/h2-3,5,7,11H,4,6,8H2,1H3/t11-/m0/s1. The number of tetrazole rings is 1. The van der Waals surface area contributed by atoms with E-state index in [0.29, 0.717) is 5.25 Å². The molecule has 1 heterocycles. The number of nitrogens with zero attached hydrogens (tertiary/aromatic N) is 4. The molecular formula is C12H14N4S. The number of hydrogen-bond donors (Lipinski definition) is 0. The van der Waals surface area contributed by atoms with Gasteiger partial charge in [-0.15, -0.1) is 5.10 Å². The van der Waals surface area contributed by atoms with Crippen molar-refractivity contribution in [1.29, 1.82) is 0 Å². The summed E-state index contributed by atoms with van der Waals surface area (Å²) in [6.45, 7) is 0. The highest BCUT2D eigenvalue weighted by atomic mass is 32.2. The van der Waals surface area contributed by atoms with E-state index < -0.39 is 0 Å². The molecular weight excluding hydrogens is 232 g/mol. The zero-order valence-electron chi connectivity index (χ0n) is 9.71. The molecule has 88 valence electrons. The summed E-state index contributed by atoms with van der Waals surface area (Å²) in [5.41, 5.74) is 2.93. The van der Waals surface area contributed by atoms with Crippen LogP contribution in [0.1, 0.15) is 29.2 Å². The summed E-state index contributed by atoms with van der Waals surface area (Å²) in [5.74, 6) is 0. The molecule has 0 bridgehead atoms. The molecule has 0 unspecified atom stereocenters. The van der Waals surface area contributed by atoms with Gasteiger partial charge < -0.3 is 0 Å². The van der Waals surface area contributed by atoms with Crippen molar-refractivity contribution in [3.8, 4) is 0 Å². The molecule has 3 rings (SSSR count). The predicted molar refractivity (Wildman–Crippen MR) is 66.8 cm³/mol. The van der Waals surface area contributed by atoms with Crippen LogP contribution in [0.4, 0.5) is 0 Å². The molecule has 0 saturated carbocycles. The molecule has 0 radical (unpaired) electrons. The third-order valence-electron chi connectivity index (χ3n) is 3.14. The molecule has 0 saturated heterocycles. The van der Waals surface area contributed by atoms with Gasteiger partial charge in [-0.05, 0) is 40.8 Å². The highest BCUT2D eigenvalue weighted by molar-refractivity contribution is 7.99. The van der Waals surface area contributed by atoms with Crippen LogP contribution in [0.2, 0.25) is 0 Å². The van der Waals surface area contributed by atoms with Gasteiger partial charge in [0.25, 0.3) is 0 Å². The highest BCUT2D eigenvalue weighted by Crippen LogP contribution is 2.42. The first-order valence-electron chi connectivity index (χ1n) is 5.81. The Morgan fingerprint density at radius 2 is 2.24 bits per heavy atom. The summed E-state index contributed by atoms with van der Waals surface area (Å²) in [6.07, 6.45) is 3.65. The van der Waals surface area contributed by atoms with Crippen LogP contribution in [0.3, 0.4) is 0 Å². The normalized spacial score (nSPS) is 19.0. The van der Waals surface area contributed by atoms with E-state index in [2.05, 4.69) is 39.8 Å². The Labute approximate surface area is 104 Å². The molecule has 1 atom stereocenters. The molecule has 17 heavy (non-hydrogen) atoms. The first-order chi connectivity index (χ1) is 8.34. The fourth-order valence-electron chi connectivity index (χ4n) is 2.28. The van der Waals surface area contributed by atoms with Gasteiger partial charge in [-0.1, -0.05) is 36.0 Å². The summed E-state index contributed by atoms with van der Waals surface area (Å²) in [5, 5.41) is 13.0. The number of aryl methyl sites for hydroxylation is 2. The maximum Gasteiger partial charge on any atom is 0.209 e. The Morgan fingerprint density at radius 3 is 3.06 bits per heavy atom. The predicted octanol–water partition coefficient (Wildman–Crippen LogP) is 2.38. The maximum atomic E-state index is 4.05. The molecule has 0 amide bonds. The lowest BCUT2D eigenvalue weighted by Crippen LogP contribution is -2.07. The van der Waals surface area contributed by atoms with Crippen molar-refractivity contribution in [1.82, 2.24) is 20.2 Å². The minimum absolute atomic E-state index is 0.490. The van der Waals surface area contributed by atoms with Gasteiger partial charge >= 0.3 is 0 Å². The SMILES string of the molecule is Cn1nnnc1S[C@H]1CCCc2ccccc21. The summed E-state index contributed by atoms with van der Waals surface area (Å²) in [7, 11) is 1.89. The Hall–Kier alpha value is -1.36. The van der Waals surface area contributed by atoms with E-state index in [1.54, 1.807) is 16.4 Å². The topological polar surface area (TPSA) is 43.6 Å². The second kappa shape index (κ2) is 4.49. The van der Waals surface area contributed by atoms with Gasteiger partial charge in [0.2, 0.25) is 5.16 Å². The zero-order valence-corrected chi connectivity index (χ0v) is 10.5. The number of fused-ring (bicyclic) bond motifs is 1. The summed E-state index contributed by atoms with van der Waals surface area (Å²) < 4.78 is 1.74. The molecule has 0 N–H and O–H groups in total. The summed E-state index contributed by atoms with van der Waals surface area (Å²) in [6, 6.07) is 8.70. The number of rotatable bonds is 2. The smallest absolute Gasteiger partial charge is 0.209 e. The molecule has 1 aliphatic carbocycles. The van der Waals surface area contributed by atoms with Crippen LogP contribution in [-0.4, -0.2) is 20.2 Å². The van der Waals surface area contributed by atoms with Gasteiger partial charge in [0, 0.05) is 12.3 Å². The van der Waals surface area contributed by atoms with Crippen molar-refractivity contribution in [3.63, 3.8) is 0 Å². The van der Waals surface area contributed by atoms with Gasteiger partial charge in [-0.25, -0.2) is 4.68 Å². The van der Waals surface area contributed by atoms with Crippen LogP contribution in [0, 0.1) is 0 Å². The zero-order chi connectivity index (χ0) is 11.7. The third-order valence-corrected chi connectivity index (χ3v) is 4.47. The lowest BCUT2D eigenvalue weighted by Gasteiger charge is -2.24. The van der Waals surface area contributed by atoms with Crippen LogP contribution >= 0.6 is 11.8 Å². The number of aromatic nitrogens is 4. The first kappa shape index (κ1) is 10.8. The molecule has 0 spiro atoms. The fraction of sp³-hybridized carbons (Fsp3) is 0.417. The van der Waals surface area contributed by atoms with E-state index in [4.69, 9.17) is 0 Å². The average Bonchev–Trinajstić information content (AvgIpc) is 2.76. The van der Waals surface area contributed by atoms with E-state index >= 15 is 0 Å². The lowest BCUT2D eigenvalue weighted by molar-refractivity contribution is 0.649. The molecule has 1 aliphatic rings. The van der Waals surface area contributed by atoms with E-state index in [-0.39, 0.29) is 0 Å². The van der Waals surface area contributed by atoms with Gasteiger partial charge in [0.05, 0.1) is 0 Å². The number of benzene rings is 1. The van der Waals surface area contributed by atoms with Crippen LogP contribution in [0.5, 0.6) is 0 Å². The minimum Gasteiger partial charge on any atom is -0.224 e. The van der Waals surface area contributed by atoms with E-state index in [1.807, 2.05) is 7.05 Å². The van der Waals surface area contributed by atoms with Crippen molar-refractivity contribution in [2.24, 2.45) is 7.05 Å². The van der Waals surface area contributed by atoms with E-state index in [9.17, 15) is 0 Å². The van der Waals surface area contributed by atoms with Gasteiger partial charge in [0.1, 0.15) is 0 Å². The second-order valence-corrected chi connectivity index (χ2v) is 5.45. The molecule has 0 aliphatic heterocycles. The number of thioether (sulfide) groups is 1. The van der Waals surface area contributed by atoms with Crippen molar-refractivity contribution < 1.29 is 0 Å². The molecule has 2 aromatic rings. The highest BCUT2D eigenvalue weighted by Gasteiger charge is 2.22. The molecule has 4 nitrogen and oxygen atoms in total. The largest absolute Gasteiger partial charge is 0.224 e. The van der Waals surface area contributed by atoms with Crippen LogP contribution in [0.15, 0.2) is 29.4 Å². The summed E-state index contributed by atoms with van der Waals surface area (Å²) in [4.78, 5) is 0. The second-order valence-electron chi connectivity index (χ2n) is 4.28. The first-order valence-corrected chi connectivity index (χ1v) is 6.69. The van der Waals surface area contributed by atoms with Gasteiger partial charge in [0.15, 0.2) is 0 Å². The van der Waals surface area contributed by atoms with Gasteiger partial charge in [-0.2, -0.15) is 0 Å². The lowest BCUT2D eigenvalue weighted by atomic mass is 9.91. The van der Waals surface area contributed by atoms with E-state index in [1.165, 1.54) is 30.4 Å². The van der Waals surface area contributed by atoms with Crippen molar-refractivity contribution >= 4 is 11.8 Å². The van der Waals surface area contributed by atoms with Crippen LogP contribution in [-0.2, 0) is 13.5 Å². The Kier molecular flexibility index (Phi) is 2.84. The molecule has 1 aromatic heterocycles. The average molecular weight is 246 g/mol. The summed E-state index contributed by atoms with van der Waals surface area (Å²) >= 11 is 1.77. The van der Waals surface area contributed by atoms with Crippen molar-refractivity contribution in [3.05, 3.63) is 35.4 Å². The maximum absolute atomic E-state index is 4.05. The van der Waals surface area contributed by atoms with Gasteiger partial charge in [-0.3, -0.25) is 0 Å². The monoisotopic (exact) mass is 246 g/mol. The third kappa shape index (κ3) is 2.07. The van der Waals surface area contributed by atoms with E-state index in [0.717, 1.165) is 5.16 Å².